The number of amidine groups is 1. The van der Waals surface area contributed by atoms with E-state index in [0.29, 0.717) is 5.69 Å². The molecule has 0 saturated carbocycles. The fourth-order valence-electron chi connectivity index (χ4n) is 1.65. The molecule has 0 unspecified atom stereocenters. The Kier molecular flexibility index (Phi) is 4.84. The van der Waals surface area contributed by atoms with Gasteiger partial charge < -0.3 is 15.7 Å². The van der Waals surface area contributed by atoms with Gasteiger partial charge in [-0.05, 0) is 29.8 Å². The Balaban J connectivity index is 2.11. The quantitative estimate of drug-likeness (QED) is 0.290. The van der Waals surface area contributed by atoms with Gasteiger partial charge in [0.25, 0.3) is 0 Å². The van der Waals surface area contributed by atoms with Crippen LogP contribution in [0.1, 0.15) is 11.3 Å². The first-order valence-corrected chi connectivity index (χ1v) is 6.92. The minimum Gasteiger partial charge on any atom is -0.496 e. The van der Waals surface area contributed by atoms with Crippen LogP contribution in [0.2, 0.25) is 0 Å². The van der Waals surface area contributed by atoms with Crippen molar-refractivity contribution in [1.82, 2.24) is 4.98 Å². The Morgan fingerprint density at radius 2 is 2.20 bits per heavy atom. The van der Waals surface area contributed by atoms with Crippen molar-refractivity contribution in [1.29, 1.82) is 0 Å². The topological polar surface area (TPSA) is 80.7 Å². The third-order valence-electron chi connectivity index (χ3n) is 2.66. The van der Waals surface area contributed by atoms with E-state index in [2.05, 4.69) is 10.1 Å². The number of para-hydroxylation sites is 1. The minimum atomic E-state index is 0.00846. The lowest BCUT2D eigenvalue weighted by atomic mass is 10.2. The number of ether oxygens (including phenoxy) is 1. The van der Waals surface area contributed by atoms with E-state index in [1.54, 1.807) is 31.1 Å². The van der Waals surface area contributed by atoms with Crippen molar-refractivity contribution in [3.8, 4) is 5.75 Å². The summed E-state index contributed by atoms with van der Waals surface area (Å²) in [6.45, 7) is 0. The van der Waals surface area contributed by atoms with Crippen LogP contribution in [0.25, 0.3) is 0 Å². The largest absolute Gasteiger partial charge is 0.496 e. The van der Waals surface area contributed by atoms with E-state index in [1.807, 2.05) is 30.3 Å². The maximum atomic E-state index is 8.66. The molecule has 0 aliphatic carbocycles. The van der Waals surface area contributed by atoms with Gasteiger partial charge in [0.2, 0.25) is 0 Å². The second-order valence-corrected chi connectivity index (χ2v) is 4.99. The summed E-state index contributed by atoms with van der Waals surface area (Å²) in [6.07, 6.45) is 1.64. The molecule has 0 aliphatic heterocycles. The average Bonchev–Trinajstić information content (AvgIpc) is 2.52. The monoisotopic (exact) mass is 289 g/mol. The molecule has 0 radical (unpaired) electrons. The van der Waals surface area contributed by atoms with Crippen LogP contribution in [0, 0.1) is 0 Å². The SMILES string of the molecule is COc1ccccc1SCc1ccnc(C(N)=NO)c1. The molecule has 0 fully saturated rings. The molecular formula is C14H15N3O2S. The van der Waals surface area contributed by atoms with Gasteiger partial charge >= 0.3 is 0 Å². The first-order chi connectivity index (χ1) is 9.74. The Labute approximate surface area is 121 Å². The molecule has 5 nitrogen and oxygen atoms in total. The molecule has 0 aliphatic rings. The lowest BCUT2D eigenvalue weighted by Crippen LogP contribution is -2.15. The number of oxime groups is 1. The van der Waals surface area contributed by atoms with Gasteiger partial charge in [-0.25, -0.2) is 0 Å². The second kappa shape index (κ2) is 6.81. The average molecular weight is 289 g/mol. The molecule has 0 bridgehead atoms. The lowest BCUT2D eigenvalue weighted by molar-refractivity contribution is 0.318. The molecule has 0 atom stereocenters. The summed E-state index contributed by atoms with van der Waals surface area (Å²) >= 11 is 1.66. The first-order valence-electron chi connectivity index (χ1n) is 5.93. The lowest BCUT2D eigenvalue weighted by Gasteiger charge is -2.08. The number of benzene rings is 1. The number of thioether (sulfide) groups is 1. The van der Waals surface area contributed by atoms with Crippen molar-refractivity contribution in [2.75, 3.05) is 7.11 Å². The molecule has 6 heteroatoms. The highest BCUT2D eigenvalue weighted by Gasteiger charge is 2.05. The summed E-state index contributed by atoms with van der Waals surface area (Å²) in [7, 11) is 1.66. The summed E-state index contributed by atoms with van der Waals surface area (Å²) in [6, 6.07) is 11.5. The van der Waals surface area contributed by atoms with Crippen LogP contribution in [-0.2, 0) is 5.75 Å². The normalized spacial score (nSPS) is 11.3. The highest BCUT2D eigenvalue weighted by Crippen LogP contribution is 2.31. The van der Waals surface area contributed by atoms with Crippen LogP contribution in [0.5, 0.6) is 5.75 Å². The van der Waals surface area contributed by atoms with Gasteiger partial charge in [-0.15, -0.1) is 11.8 Å². The fraction of sp³-hybridized carbons (Fsp3) is 0.143. The summed E-state index contributed by atoms with van der Waals surface area (Å²) in [4.78, 5) is 5.12. The molecule has 0 spiro atoms. The molecule has 1 aromatic carbocycles. The maximum absolute atomic E-state index is 8.66. The predicted molar refractivity (Wildman–Crippen MR) is 79.3 cm³/mol. The van der Waals surface area contributed by atoms with Gasteiger partial charge in [-0.3, -0.25) is 4.98 Å². The van der Waals surface area contributed by atoms with Gasteiger partial charge in [0.05, 0.1) is 7.11 Å². The molecule has 0 amide bonds. The third kappa shape index (κ3) is 3.42. The summed E-state index contributed by atoms with van der Waals surface area (Å²) in [5.41, 5.74) is 7.03. The van der Waals surface area contributed by atoms with E-state index in [9.17, 15) is 0 Å². The van der Waals surface area contributed by atoms with Gasteiger partial charge in [0.1, 0.15) is 11.4 Å². The van der Waals surface area contributed by atoms with Crippen molar-refractivity contribution in [2.24, 2.45) is 10.9 Å². The molecule has 104 valence electrons. The van der Waals surface area contributed by atoms with E-state index in [1.165, 1.54) is 0 Å². The maximum Gasteiger partial charge on any atom is 0.188 e. The van der Waals surface area contributed by atoms with Gasteiger partial charge in [0.15, 0.2) is 5.84 Å². The Morgan fingerprint density at radius 1 is 1.40 bits per heavy atom. The molecule has 2 rings (SSSR count). The number of rotatable bonds is 5. The highest BCUT2D eigenvalue weighted by molar-refractivity contribution is 7.98. The van der Waals surface area contributed by atoms with Crippen molar-refractivity contribution >= 4 is 17.6 Å². The third-order valence-corrected chi connectivity index (χ3v) is 3.78. The molecule has 20 heavy (non-hydrogen) atoms. The molecule has 0 saturated heterocycles. The number of pyridine rings is 1. The van der Waals surface area contributed by atoms with Crippen LogP contribution < -0.4 is 10.5 Å². The zero-order valence-electron chi connectivity index (χ0n) is 11.0. The van der Waals surface area contributed by atoms with Crippen molar-refractivity contribution in [3.63, 3.8) is 0 Å². The van der Waals surface area contributed by atoms with Crippen LogP contribution in [-0.4, -0.2) is 23.1 Å². The van der Waals surface area contributed by atoms with Crippen molar-refractivity contribution in [2.45, 2.75) is 10.6 Å². The Bertz CT molecular complexity index is 617. The van der Waals surface area contributed by atoms with Gasteiger partial charge in [0, 0.05) is 16.8 Å². The molecule has 1 heterocycles. The van der Waals surface area contributed by atoms with Crippen molar-refractivity contribution in [3.05, 3.63) is 53.9 Å². The van der Waals surface area contributed by atoms with Crippen LogP contribution in [0.3, 0.4) is 0 Å². The Morgan fingerprint density at radius 3 is 2.95 bits per heavy atom. The zero-order chi connectivity index (χ0) is 14.4. The van der Waals surface area contributed by atoms with E-state index in [0.717, 1.165) is 22.0 Å². The standard InChI is InChI=1S/C14H15N3O2S/c1-19-12-4-2-3-5-13(12)20-9-10-6-7-16-11(8-10)14(15)17-18/h2-8,18H,9H2,1H3,(H2,15,17). The first kappa shape index (κ1) is 14.2. The molecule has 2 aromatic rings. The predicted octanol–water partition coefficient (Wildman–Crippen LogP) is 2.48. The van der Waals surface area contributed by atoms with E-state index in [-0.39, 0.29) is 5.84 Å². The smallest absolute Gasteiger partial charge is 0.188 e. The van der Waals surface area contributed by atoms with Crippen molar-refractivity contribution < 1.29 is 9.94 Å². The summed E-state index contributed by atoms with van der Waals surface area (Å²) < 4.78 is 5.31. The number of aromatic nitrogens is 1. The molecular weight excluding hydrogens is 274 g/mol. The van der Waals surface area contributed by atoms with Crippen LogP contribution >= 0.6 is 11.8 Å². The number of hydrogen-bond donors (Lipinski definition) is 2. The number of hydrogen-bond acceptors (Lipinski definition) is 5. The number of nitrogens with zero attached hydrogens (tertiary/aromatic N) is 2. The van der Waals surface area contributed by atoms with Gasteiger partial charge in [-0.2, -0.15) is 0 Å². The summed E-state index contributed by atoms with van der Waals surface area (Å²) in [5.74, 6) is 1.60. The summed E-state index contributed by atoms with van der Waals surface area (Å²) in [5, 5.41) is 11.6. The Hall–Kier alpha value is -2.21. The van der Waals surface area contributed by atoms with E-state index < -0.39 is 0 Å². The molecule has 1 aromatic heterocycles. The minimum absolute atomic E-state index is 0.00846. The van der Waals surface area contributed by atoms with E-state index >= 15 is 0 Å². The van der Waals surface area contributed by atoms with Crippen LogP contribution in [0.4, 0.5) is 0 Å². The number of nitrogens with two attached hydrogens (primary N) is 1. The molecule has 3 N–H and O–H groups in total. The van der Waals surface area contributed by atoms with Crippen LogP contribution in [0.15, 0.2) is 52.6 Å². The zero-order valence-corrected chi connectivity index (χ0v) is 11.8. The second-order valence-electron chi connectivity index (χ2n) is 3.97. The highest BCUT2D eigenvalue weighted by atomic mass is 32.2. The fourth-order valence-corrected chi connectivity index (χ4v) is 2.62. The van der Waals surface area contributed by atoms with E-state index in [4.69, 9.17) is 15.7 Å². The number of methoxy groups -OCH3 is 1. The van der Waals surface area contributed by atoms with Gasteiger partial charge in [-0.1, -0.05) is 17.3 Å².